The van der Waals surface area contributed by atoms with Gasteiger partial charge in [-0.3, -0.25) is 9.59 Å². The zero-order valence-electron chi connectivity index (χ0n) is 11.5. The molecule has 0 bridgehead atoms. The lowest BCUT2D eigenvalue weighted by Crippen LogP contribution is -2.11. The van der Waals surface area contributed by atoms with Crippen LogP contribution < -0.4 is 5.32 Å². The molecule has 0 saturated heterocycles. The summed E-state index contributed by atoms with van der Waals surface area (Å²) >= 11 is 1.56. The van der Waals surface area contributed by atoms with Gasteiger partial charge in [0.1, 0.15) is 0 Å². The van der Waals surface area contributed by atoms with E-state index < -0.39 is 5.97 Å². The normalized spacial score (nSPS) is 10.7. The predicted molar refractivity (Wildman–Crippen MR) is 84.5 cm³/mol. The van der Waals surface area contributed by atoms with Crippen molar-refractivity contribution in [1.82, 2.24) is 0 Å². The summed E-state index contributed by atoms with van der Waals surface area (Å²) in [6.45, 7) is 1.98. The van der Waals surface area contributed by atoms with Crippen LogP contribution in [0, 0.1) is 6.92 Å². The Kier molecular flexibility index (Phi) is 4.90. The van der Waals surface area contributed by atoms with Gasteiger partial charge >= 0.3 is 5.97 Å². The minimum Gasteiger partial charge on any atom is -0.481 e. The molecule has 0 fully saturated rings. The molecule has 0 spiro atoms. The van der Waals surface area contributed by atoms with Gasteiger partial charge < -0.3 is 10.4 Å². The number of aliphatic carboxylic acids is 1. The van der Waals surface area contributed by atoms with E-state index in [0.717, 1.165) is 10.4 Å². The highest BCUT2D eigenvalue weighted by Gasteiger charge is 2.07. The van der Waals surface area contributed by atoms with E-state index in [9.17, 15) is 9.59 Å². The number of para-hydroxylation sites is 1. The Balaban J connectivity index is 2.08. The summed E-state index contributed by atoms with van der Waals surface area (Å²) in [6.07, 6.45) is 3.09. The lowest BCUT2D eigenvalue weighted by Gasteiger charge is -2.07. The molecule has 0 radical (unpaired) electrons. The van der Waals surface area contributed by atoms with Gasteiger partial charge in [-0.25, -0.2) is 0 Å². The van der Waals surface area contributed by atoms with E-state index in [1.807, 2.05) is 18.4 Å². The second kappa shape index (κ2) is 6.85. The van der Waals surface area contributed by atoms with Crippen LogP contribution in [0.4, 0.5) is 5.69 Å². The molecule has 1 amide bonds. The Morgan fingerprint density at radius 1 is 1.29 bits per heavy atom. The number of hydrogen-bond donors (Lipinski definition) is 2. The number of hydrogen-bond acceptors (Lipinski definition) is 3. The van der Waals surface area contributed by atoms with Gasteiger partial charge in [-0.1, -0.05) is 18.2 Å². The van der Waals surface area contributed by atoms with Crippen molar-refractivity contribution in [2.24, 2.45) is 0 Å². The van der Waals surface area contributed by atoms with Crippen LogP contribution in [0.15, 0.2) is 41.8 Å². The van der Waals surface area contributed by atoms with Crippen LogP contribution in [-0.2, 0) is 16.0 Å². The third-order valence-corrected chi connectivity index (χ3v) is 3.89. The molecule has 2 rings (SSSR count). The summed E-state index contributed by atoms with van der Waals surface area (Å²) in [5, 5.41) is 13.5. The first-order valence-corrected chi connectivity index (χ1v) is 7.27. The number of rotatable bonds is 5. The maximum Gasteiger partial charge on any atom is 0.307 e. The molecule has 2 N–H and O–H groups in total. The fraction of sp³-hybridized carbons (Fsp3) is 0.125. The topological polar surface area (TPSA) is 66.4 Å². The van der Waals surface area contributed by atoms with E-state index >= 15 is 0 Å². The second-order valence-corrected chi connectivity index (χ2v) is 5.47. The highest BCUT2D eigenvalue weighted by atomic mass is 32.1. The van der Waals surface area contributed by atoms with Gasteiger partial charge in [0.2, 0.25) is 5.91 Å². The number of benzene rings is 1. The zero-order valence-corrected chi connectivity index (χ0v) is 12.3. The molecule has 1 heterocycles. The molecule has 0 aliphatic heterocycles. The van der Waals surface area contributed by atoms with Crippen LogP contribution >= 0.6 is 11.3 Å². The largest absolute Gasteiger partial charge is 0.481 e. The van der Waals surface area contributed by atoms with Gasteiger partial charge in [-0.05, 0) is 41.6 Å². The number of thiophene rings is 1. The third-order valence-electron chi connectivity index (χ3n) is 2.90. The quantitative estimate of drug-likeness (QED) is 0.832. The number of carboxylic acids is 1. The Labute approximate surface area is 126 Å². The molecule has 0 unspecified atom stereocenters. The maximum absolute atomic E-state index is 11.9. The second-order valence-electron chi connectivity index (χ2n) is 4.52. The van der Waals surface area contributed by atoms with Gasteiger partial charge in [0.05, 0.1) is 6.42 Å². The molecule has 21 heavy (non-hydrogen) atoms. The van der Waals surface area contributed by atoms with E-state index in [4.69, 9.17) is 5.11 Å². The first-order valence-electron chi connectivity index (χ1n) is 6.39. The van der Waals surface area contributed by atoms with Crippen molar-refractivity contribution in [2.45, 2.75) is 13.3 Å². The number of carboxylic acid groups (broad SMARTS) is 1. The molecule has 0 aliphatic carbocycles. The van der Waals surface area contributed by atoms with E-state index in [1.54, 1.807) is 41.7 Å². The molecule has 1 aromatic carbocycles. The first kappa shape index (κ1) is 15.0. The van der Waals surface area contributed by atoms with Gasteiger partial charge in [0.25, 0.3) is 0 Å². The van der Waals surface area contributed by atoms with Crippen LogP contribution in [0.25, 0.3) is 6.08 Å². The monoisotopic (exact) mass is 301 g/mol. The zero-order chi connectivity index (χ0) is 15.2. The smallest absolute Gasteiger partial charge is 0.307 e. The van der Waals surface area contributed by atoms with Gasteiger partial charge in [-0.2, -0.15) is 0 Å². The fourth-order valence-electron chi connectivity index (χ4n) is 1.84. The first-order chi connectivity index (χ1) is 10.1. The van der Waals surface area contributed by atoms with Crippen LogP contribution in [0.2, 0.25) is 0 Å². The Morgan fingerprint density at radius 3 is 2.71 bits per heavy atom. The van der Waals surface area contributed by atoms with Crippen molar-refractivity contribution in [3.63, 3.8) is 0 Å². The fourth-order valence-corrected chi connectivity index (χ4v) is 2.66. The molecular weight excluding hydrogens is 286 g/mol. The van der Waals surface area contributed by atoms with Gasteiger partial charge in [0, 0.05) is 16.6 Å². The number of carbonyl (C=O) groups is 2. The standard InChI is InChI=1S/C16H15NO3S/c1-11-8-9-21-14(11)6-7-15(18)17-13-5-3-2-4-12(13)10-16(19)20/h2-9H,10H2,1H3,(H,17,18)(H,19,20). The van der Waals surface area contributed by atoms with Crippen LogP contribution in [-0.4, -0.2) is 17.0 Å². The summed E-state index contributed by atoms with van der Waals surface area (Å²) in [5.41, 5.74) is 2.23. The summed E-state index contributed by atoms with van der Waals surface area (Å²) < 4.78 is 0. The van der Waals surface area contributed by atoms with Crippen molar-refractivity contribution in [3.05, 3.63) is 57.8 Å². The average molecular weight is 301 g/mol. The Morgan fingerprint density at radius 2 is 2.05 bits per heavy atom. The molecule has 0 atom stereocenters. The van der Waals surface area contributed by atoms with E-state index in [0.29, 0.717) is 11.3 Å². The van der Waals surface area contributed by atoms with Crippen molar-refractivity contribution in [3.8, 4) is 0 Å². The molecule has 1 aromatic heterocycles. The van der Waals surface area contributed by atoms with Gasteiger partial charge in [-0.15, -0.1) is 11.3 Å². The number of aryl methyl sites for hydroxylation is 1. The molecular formula is C16H15NO3S. The molecule has 0 aliphatic rings. The summed E-state index contributed by atoms with van der Waals surface area (Å²) in [7, 11) is 0. The van der Waals surface area contributed by atoms with E-state index in [2.05, 4.69) is 5.32 Å². The van der Waals surface area contributed by atoms with Gasteiger partial charge in [0.15, 0.2) is 0 Å². The number of amides is 1. The van der Waals surface area contributed by atoms with Crippen LogP contribution in [0.5, 0.6) is 0 Å². The van der Waals surface area contributed by atoms with Crippen molar-refractivity contribution in [1.29, 1.82) is 0 Å². The van der Waals surface area contributed by atoms with Crippen molar-refractivity contribution >= 4 is 35.0 Å². The number of nitrogens with one attached hydrogen (secondary N) is 1. The summed E-state index contributed by atoms with van der Waals surface area (Å²) in [5.74, 6) is -1.21. The Bertz CT molecular complexity index is 688. The minimum absolute atomic E-state index is 0.121. The molecule has 0 saturated carbocycles. The van der Waals surface area contributed by atoms with Crippen molar-refractivity contribution < 1.29 is 14.7 Å². The predicted octanol–water partition coefficient (Wildman–Crippen LogP) is 3.34. The third kappa shape index (κ3) is 4.29. The lowest BCUT2D eigenvalue weighted by molar-refractivity contribution is -0.136. The molecule has 4 nitrogen and oxygen atoms in total. The van der Waals surface area contributed by atoms with Crippen LogP contribution in [0.1, 0.15) is 16.0 Å². The number of anilines is 1. The number of carbonyl (C=O) groups excluding carboxylic acids is 1. The molecule has 5 heteroatoms. The highest BCUT2D eigenvalue weighted by Crippen LogP contribution is 2.18. The minimum atomic E-state index is -0.929. The SMILES string of the molecule is Cc1ccsc1C=CC(=O)Nc1ccccc1CC(=O)O. The summed E-state index contributed by atoms with van der Waals surface area (Å²) in [4.78, 5) is 23.7. The molecule has 108 valence electrons. The average Bonchev–Trinajstić information content (AvgIpc) is 2.84. The summed E-state index contributed by atoms with van der Waals surface area (Å²) in [6, 6.07) is 8.88. The van der Waals surface area contributed by atoms with E-state index in [1.165, 1.54) is 6.08 Å². The maximum atomic E-state index is 11.9. The highest BCUT2D eigenvalue weighted by molar-refractivity contribution is 7.11. The van der Waals surface area contributed by atoms with Crippen LogP contribution in [0.3, 0.4) is 0 Å². The molecule has 2 aromatic rings. The van der Waals surface area contributed by atoms with E-state index in [-0.39, 0.29) is 12.3 Å². The lowest BCUT2D eigenvalue weighted by atomic mass is 10.1. The Hall–Kier alpha value is -2.40. The van der Waals surface area contributed by atoms with Crippen molar-refractivity contribution in [2.75, 3.05) is 5.32 Å².